The van der Waals surface area contributed by atoms with Gasteiger partial charge in [0.25, 0.3) is 0 Å². The monoisotopic (exact) mass is 1470 g/mol. The van der Waals surface area contributed by atoms with Crippen molar-refractivity contribution >= 4 is 58.5 Å². The van der Waals surface area contributed by atoms with Gasteiger partial charge in [0, 0.05) is 83.7 Å². The number of nitrogens with zero attached hydrogens (tertiary/aromatic N) is 3. The summed E-state index contributed by atoms with van der Waals surface area (Å²) in [5.41, 5.74) is 7.31. The Bertz CT molecular complexity index is 4130. The third-order valence-corrected chi connectivity index (χ3v) is 24.7. The predicted molar refractivity (Wildman–Crippen MR) is 396 cm³/mol. The maximum absolute atomic E-state index is 13.6. The first-order chi connectivity index (χ1) is 51.3. The van der Waals surface area contributed by atoms with Crippen LogP contribution in [0.15, 0.2) is 146 Å². The van der Waals surface area contributed by atoms with Gasteiger partial charge < -0.3 is 45.5 Å². The number of alkyl carbamates (subject to hydrolysis) is 4. The van der Waals surface area contributed by atoms with Crippen molar-refractivity contribution in [3.63, 3.8) is 0 Å². The fourth-order valence-corrected chi connectivity index (χ4v) is 20.4. The number of hydrogen-bond donors (Lipinski definition) is 6. The smallest absolute Gasteiger partial charge is 0.407 e. The number of halogens is 3. The Morgan fingerprint density at radius 2 is 0.877 bits per heavy atom. The number of carbonyl (C=O) groups excluding carboxylic acids is 5. The van der Waals surface area contributed by atoms with Crippen molar-refractivity contribution in [2.75, 3.05) is 25.6 Å². The molecule has 3 aromatic heterocycles. The van der Waals surface area contributed by atoms with E-state index in [0.29, 0.717) is 67.7 Å². The van der Waals surface area contributed by atoms with Crippen LogP contribution in [0.2, 0.25) is 0 Å². The lowest BCUT2D eigenvalue weighted by molar-refractivity contribution is -0.119. The Hall–Kier alpha value is -9.42. The van der Waals surface area contributed by atoms with Crippen molar-refractivity contribution in [3.05, 3.63) is 181 Å². The number of aromatic nitrogens is 3. The fraction of sp³-hybridized carbons (Fsp3) is 0.463. The average molecular weight is 1470 g/mol. The largest absolute Gasteiger partial charge is 0.450 e. The molecule has 560 valence electrons. The van der Waals surface area contributed by atoms with E-state index in [9.17, 15) is 45.6 Å². The van der Waals surface area contributed by atoms with Crippen molar-refractivity contribution in [2.45, 2.75) is 147 Å². The van der Waals surface area contributed by atoms with Crippen LogP contribution in [0.1, 0.15) is 121 Å². The normalized spacial score (nSPS) is 30.1. The second-order valence-corrected chi connectivity index (χ2v) is 31.5. The van der Waals surface area contributed by atoms with Gasteiger partial charge in [0.1, 0.15) is 23.6 Å². The molecular formula is C82H94F3N9O11S. The van der Waals surface area contributed by atoms with Crippen LogP contribution in [0.25, 0.3) is 51.6 Å². The molecule has 24 heteroatoms. The maximum atomic E-state index is 13.6. The summed E-state index contributed by atoms with van der Waals surface area (Å²) >= 11 is 0. The second kappa shape index (κ2) is 34.0. The number of carbonyl (C=O) groups is 5. The zero-order valence-corrected chi connectivity index (χ0v) is 60.7. The zero-order valence-electron chi connectivity index (χ0n) is 59.9. The van der Waals surface area contributed by atoms with E-state index in [0.717, 1.165) is 128 Å². The van der Waals surface area contributed by atoms with Crippen molar-refractivity contribution < 1.29 is 64.5 Å². The van der Waals surface area contributed by atoms with E-state index in [4.69, 9.17) is 18.9 Å². The van der Waals surface area contributed by atoms with E-state index in [1.165, 1.54) is 36.4 Å². The van der Waals surface area contributed by atoms with Crippen molar-refractivity contribution in [1.82, 2.24) is 46.3 Å². The van der Waals surface area contributed by atoms with E-state index < -0.39 is 10.0 Å². The molecule has 15 rings (SSSR count). The molecule has 0 bridgehead atoms. The average Bonchev–Trinajstić information content (AvgIpc) is 1.62. The first-order valence-electron chi connectivity index (χ1n) is 37.6. The van der Waals surface area contributed by atoms with Crippen molar-refractivity contribution in [2.24, 2.45) is 65.1 Å². The third-order valence-electron chi connectivity index (χ3n) is 23.2. The highest BCUT2D eigenvalue weighted by molar-refractivity contribution is 7.89. The highest BCUT2D eigenvalue weighted by Gasteiger charge is 2.54. The Labute approximate surface area is 617 Å². The lowest BCUT2D eigenvalue weighted by atomic mass is 9.59. The number of sulfonamides is 1. The molecule has 6 saturated carbocycles. The Balaban J connectivity index is 0.000000141. The van der Waals surface area contributed by atoms with E-state index in [1.807, 2.05) is 79.7 Å². The summed E-state index contributed by atoms with van der Waals surface area (Å²) in [7, 11) is -3.29. The SMILES string of the molecule is CCOC(=O)N[C@@H]1CC[C@@H]2[C@@H](C1)C[C@@H]1CC(=O)N[C@@H]1[C@H]2/C=C/c1ccc(-c2cccc(F)c2)cn1.CCOC(=O)N[C@@H]1CC[C@@H]2[C@@H](C1)C[C@@H]1CS(=O)(=O)N[C@@H]1[C@H]2/C=C/c1ccc(-c2cccc(F)c2)cn1.CCOC(=O)N[C@@H]1CC[C@@H]2[C@@H](C1)C[C@@H]1OC(=O)N[C@@H]1[C@H]2/C=C/c1ccc(-c2cccc(F)c2)cn1. The summed E-state index contributed by atoms with van der Waals surface area (Å²) < 4.78 is 89.3. The highest BCUT2D eigenvalue weighted by atomic mass is 32.2. The van der Waals surface area contributed by atoms with Crippen LogP contribution in [-0.4, -0.2) is 122 Å². The first kappa shape index (κ1) is 74.8. The molecule has 3 saturated heterocycles. The molecule has 9 fully saturated rings. The lowest BCUT2D eigenvalue weighted by Crippen LogP contribution is -2.52. The number of benzene rings is 3. The van der Waals surface area contributed by atoms with E-state index in [-0.39, 0.29) is 120 Å². The van der Waals surface area contributed by atoms with Gasteiger partial charge in [-0.3, -0.25) is 19.7 Å². The molecule has 20 nitrogen and oxygen atoms in total. The summed E-state index contributed by atoms with van der Waals surface area (Å²) in [6.07, 6.45) is 27.4. The minimum Gasteiger partial charge on any atom is -0.450 e. The van der Waals surface area contributed by atoms with Gasteiger partial charge in [-0.15, -0.1) is 0 Å². The molecule has 18 atom stereocenters. The van der Waals surface area contributed by atoms with E-state index >= 15 is 0 Å². The third kappa shape index (κ3) is 18.5. The first-order valence-corrected chi connectivity index (χ1v) is 39.2. The van der Waals surface area contributed by atoms with Gasteiger partial charge in [-0.25, -0.2) is 45.5 Å². The zero-order chi connectivity index (χ0) is 74.0. The topological polar surface area (TPSA) is 267 Å². The van der Waals surface area contributed by atoms with Gasteiger partial charge in [0.2, 0.25) is 15.9 Å². The molecular weight excluding hydrogens is 1380 g/mol. The second-order valence-electron chi connectivity index (χ2n) is 29.7. The Kier molecular flexibility index (Phi) is 24.0. The molecule has 9 aliphatic rings. The molecule has 6 N–H and O–H groups in total. The number of nitrogens with one attached hydrogen (secondary N) is 6. The van der Waals surface area contributed by atoms with E-state index in [2.05, 4.69) is 64.5 Å². The summed E-state index contributed by atoms with van der Waals surface area (Å²) in [4.78, 5) is 73.7. The van der Waals surface area contributed by atoms with Crippen LogP contribution in [-0.2, 0) is 33.8 Å². The lowest BCUT2D eigenvalue weighted by Gasteiger charge is -2.47. The van der Waals surface area contributed by atoms with Gasteiger partial charge in [-0.1, -0.05) is 72.8 Å². The number of rotatable bonds is 15. The number of amides is 5. The van der Waals surface area contributed by atoms with Crippen molar-refractivity contribution in [1.29, 1.82) is 0 Å². The van der Waals surface area contributed by atoms with Gasteiger partial charge >= 0.3 is 24.4 Å². The van der Waals surface area contributed by atoms with Crippen LogP contribution < -0.4 is 31.3 Å². The quantitative estimate of drug-likeness (QED) is 0.0522. The molecule has 0 unspecified atom stereocenters. The molecule has 3 aliphatic heterocycles. The highest BCUT2D eigenvalue weighted by Crippen LogP contribution is 2.52. The molecule has 3 aromatic carbocycles. The minimum absolute atomic E-state index is 0.0504. The molecule has 106 heavy (non-hydrogen) atoms. The van der Waals surface area contributed by atoms with Crippen LogP contribution in [0.4, 0.5) is 32.3 Å². The van der Waals surface area contributed by atoms with Crippen molar-refractivity contribution in [3.8, 4) is 33.4 Å². The molecule has 5 amide bonds. The molecule has 6 heterocycles. The number of fused-ring (bicyclic) bond motifs is 6. The fourth-order valence-electron chi connectivity index (χ4n) is 18.7. The van der Waals surface area contributed by atoms with E-state index in [1.54, 1.807) is 50.6 Å². The number of pyridine rings is 3. The Morgan fingerprint density at radius 3 is 1.27 bits per heavy atom. The van der Waals surface area contributed by atoms with Gasteiger partial charge in [0.05, 0.1) is 48.7 Å². The van der Waals surface area contributed by atoms with Gasteiger partial charge in [-0.2, -0.15) is 0 Å². The molecule has 6 aliphatic carbocycles. The standard InChI is InChI=1S/C28H32FN3O3.C27H32FN3O4S.C27H30FN3O4/c1-2-35-28(34)31-23-9-10-24-19(14-23)12-20-15-26(33)32-27(20)25(24)11-8-22-7-6-18(16-30-22)17-4-3-5-21(29)13-17;1-2-35-27(32)30-23-9-10-24-19(14-23)12-20-16-36(33,34)31-26(20)25(24)11-8-22-7-6-18(15-29-22)17-4-3-5-21(28)13-17;1-2-34-26(32)30-21-9-10-22-18(13-21)14-24-25(31-27(33)35-24)23(22)11-8-20-7-6-17(15-29-20)16-4-3-5-19(28)12-16/h3-8,11,13,16,19-20,23-25,27H,2,9-10,12,14-15H2,1H3,(H,31,34)(H,32,33);3-8,11,13,15,19-20,23-26,31H,2,9-10,12,14,16H2,1H3,(H,30,32);3-8,11-12,15,18,21-25H,2,9-10,13-14H2,1H3,(H,30,32)(H,31,33)/b3*11-8+/t19-,20-,23-,24-,25+,27+;19-,20-,23-,24-,25+,26+;18-,21+,22+,23-,24-,25+/m110/s1. The maximum Gasteiger partial charge on any atom is 0.407 e. The number of hydrogen-bond acceptors (Lipinski definition) is 14. The number of ether oxygens (including phenoxy) is 4. The predicted octanol–water partition coefficient (Wildman–Crippen LogP) is 14.3. The molecule has 0 radical (unpaired) electrons. The van der Waals surface area contributed by atoms with Gasteiger partial charge in [-0.05, 0) is 241 Å². The molecule has 6 aromatic rings. The van der Waals surface area contributed by atoms with Crippen LogP contribution >= 0.6 is 0 Å². The van der Waals surface area contributed by atoms with Crippen LogP contribution in [0, 0.1) is 82.5 Å². The summed E-state index contributed by atoms with van der Waals surface area (Å²) in [5.74, 6) is 2.52. The van der Waals surface area contributed by atoms with Crippen LogP contribution in [0.3, 0.4) is 0 Å². The summed E-state index contributed by atoms with van der Waals surface area (Å²) in [5, 5.41) is 15.2. The summed E-state index contributed by atoms with van der Waals surface area (Å²) in [6.45, 7) is 6.43. The minimum atomic E-state index is -3.29. The van der Waals surface area contributed by atoms with Crippen LogP contribution in [0.5, 0.6) is 0 Å². The Morgan fingerprint density at radius 1 is 0.481 bits per heavy atom. The van der Waals surface area contributed by atoms with Gasteiger partial charge in [0.15, 0.2) is 0 Å². The summed E-state index contributed by atoms with van der Waals surface area (Å²) in [6, 6.07) is 31.1. The molecule has 0 spiro atoms.